The molecule has 0 aliphatic carbocycles. The third kappa shape index (κ3) is 5.50. The molecular weight excluding hydrogens is 275 g/mol. The van der Waals surface area contributed by atoms with E-state index in [2.05, 4.69) is 33.2 Å². The molecule has 1 unspecified atom stereocenters. The molecule has 2 nitrogen and oxygen atoms in total. The molecule has 1 heterocycles. The summed E-state index contributed by atoms with van der Waals surface area (Å²) in [6.07, 6.45) is 2.88. The number of nitrogens with zero attached hydrogens (tertiary/aromatic N) is 1. The zero-order valence-corrected chi connectivity index (χ0v) is 11.2. The monoisotopic (exact) mass is 290 g/mol. The number of alkyl halides is 1. The van der Waals surface area contributed by atoms with E-state index in [4.69, 9.17) is 11.6 Å². The second-order valence-electron chi connectivity index (χ2n) is 3.68. The molecule has 0 saturated heterocycles. The van der Waals surface area contributed by atoms with Gasteiger partial charge in [0.25, 0.3) is 0 Å². The van der Waals surface area contributed by atoms with Crippen molar-refractivity contribution in [2.75, 3.05) is 12.4 Å². The molecule has 0 aromatic carbocycles. The van der Waals surface area contributed by atoms with Crippen LogP contribution in [-0.2, 0) is 6.54 Å². The summed E-state index contributed by atoms with van der Waals surface area (Å²) in [5.41, 5.74) is 1.07. The molecule has 0 aliphatic heterocycles. The first-order chi connectivity index (χ1) is 7.22. The standard InChI is InChI=1S/C11H16BrClN2/c1-9(4-5-13)6-14-8-11-3-2-10(12)7-15-11/h2-3,7,9,14H,4-6,8H2,1H3. The van der Waals surface area contributed by atoms with Crippen LogP contribution < -0.4 is 5.32 Å². The summed E-state index contributed by atoms with van der Waals surface area (Å²) in [4.78, 5) is 4.29. The lowest BCUT2D eigenvalue weighted by Gasteiger charge is -2.10. The Hall–Kier alpha value is -0.120. The van der Waals surface area contributed by atoms with Gasteiger partial charge in [-0.3, -0.25) is 4.98 Å². The van der Waals surface area contributed by atoms with Gasteiger partial charge in [0.2, 0.25) is 0 Å². The molecule has 1 rings (SSSR count). The van der Waals surface area contributed by atoms with Crippen molar-refractivity contribution in [2.45, 2.75) is 19.9 Å². The van der Waals surface area contributed by atoms with Crippen LogP contribution in [0.15, 0.2) is 22.8 Å². The minimum absolute atomic E-state index is 0.623. The zero-order valence-electron chi connectivity index (χ0n) is 8.84. The van der Waals surface area contributed by atoms with E-state index in [1.165, 1.54) is 0 Å². The van der Waals surface area contributed by atoms with Crippen molar-refractivity contribution < 1.29 is 0 Å². The Morgan fingerprint density at radius 1 is 1.53 bits per heavy atom. The van der Waals surface area contributed by atoms with E-state index in [1.807, 2.05) is 18.3 Å². The molecule has 0 spiro atoms. The Kier molecular flexibility index (Phi) is 6.22. The largest absolute Gasteiger partial charge is 0.311 e. The predicted molar refractivity (Wildman–Crippen MR) is 68.1 cm³/mol. The fourth-order valence-electron chi connectivity index (χ4n) is 1.25. The predicted octanol–water partition coefficient (Wildman–Crippen LogP) is 3.20. The molecule has 4 heteroatoms. The van der Waals surface area contributed by atoms with Crippen LogP contribution in [0.4, 0.5) is 0 Å². The van der Waals surface area contributed by atoms with E-state index >= 15 is 0 Å². The summed E-state index contributed by atoms with van der Waals surface area (Å²) in [5, 5.41) is 3.37. The Labute approximate surface area is 105 Å². The third-order valence-electron chi connectivity index (χ3n) is 2.19. The summed E-state index contributed by atoms with van der Waals surface area (Å²) in [6, 6.07) is 4.02. The van der Waals surface area contributed by atoms with Crippen LogP contribution in [0.25, 0.3) is 0 Å². The lowest BCUT2D eigenvalue weighted by molar-refractivity contribution is 0.499. The fraction of sp³-hybridized carbons (Fsp3) is 0.545. The van der Waals surface area contributed by atoms with Crippen LogP contribution >= 0.6 is 27.5 Å². The number of hydrogen-bond donors (Lipinski definition) is 1. The van der Waals surface area contributed by atoms with Crippen LogP contribution in [0, 0.1) is 5.92 Å². The molecular formula is C11H16BrClN2. The number of aromatic nitrogens is 1. The van der Waals surface area contributed by atoms with Gasteiger partial charge in [-0.2, -0.15) is 0 Å². The minimum Gasteiger partial charge on any atom is -0.311 e. The SMILES string of the molecule is CC(CCCl)CNCc1ccc(Br)cn1. The van der Waals surface area contributed by atoms with Gasteiger partial charge in [-0.15, -0.1) is 11.6 Å². The molecule has 0 radical (unpaired) electrons. The zero-order chi connectivity index (χ0) is 11.1. The summed E-state index contributed by atoms with van der Waals surface area (Å²) >= 11 is 9.02. The first-order valence-electron chi connectivity index (χ1n) is 5.09. The summed E-state index contributed by atoms with van der Waals surface area (Å²) in [5.74, 6) is 1.36. The molecule has 1 aromatic heterocycles. The smallest absolute Gasteiger partial charge is 0.0542 e. The molecule has 1 atom stereocenters. The van der Waals surface area contributed by atoms with Gasteiger partial charge < -0.3 is 5.32 Å². The average molecular weight is 292 g/mol. The van der Waals surface area contributed by atoms with Gasteiger partial charge in [0, 0.05) is 23.1 Å². The van der Waals surface area contributed by atoms with Crippen molar-refractivity contribution in [3.63, 3.8) is 0 Å². The molecule has 0 saturated carbocycles. The maximum atomic E-state index is 5.66. The molecule has 0 amide bonds. The molecule has 84 valence electrons. The van der Waals surface area contributed by atoms with Gasteiger partial charge in [-0.1, -0.05) is 6.92 Å². The van der Waals surface area contributed by atoms with Crippen molar-refractivity contribution in [2.24, 2.45) is 5.92 Å². The van der Waals surface area contributed by atoms with Crippen LogP contribution in [0.2, 0.25) is 0 Å². The van der Waals surface area contributed by atoms with Gasteiger partial charge in [0.05, 0.1) is 5.69 Å². The Morgan fingerprint density at radius 3 is 2.93 bits per heavy atom. The fourth-order valence-corrected chi connectivity index (χ4v) is 1.85. The van der Waals surface area contributed by atoms with Crippen LogP contribution in [0.3, 0.4) is 0 Å². The molecule has 1 N–H and O–H groups in total. The number of rotatable bonds is 6. The summed E-state index contributed by atoms with van der Waals surface area (Å²) < 4.78 is 1.02. The Balaban J connectivity index is 2.22. The first-order valence-corrected chi connectivity index (χ1v) is 6.42. The Bertz CT molecular complexity index is 276. The van der Waals surface area contributed by atoms with E-state index in [-0.39, 0.29) is 0 Å². The van der Waals surface area contributed by atoms with Crippen molar-refractivity contribution >= 4 is 27.5 Å². The Morgan fingerprint density at radius 2 is 2.33 bits per heavy atom. The maximum Gasteiger partial charge on any atom is 0.0542 e. The van der Waals surface area contributed by atoms with Gasteiger partial charge in [0.1, 0.15) is 0 Å². The number of nitrogens with one attached hydrogen (secondary N) is 1. The summed E-state index contributed by atoms with van der Waals surface area (Å²) in [6.45, 7) is 4.01. The number of halogens is 2. The van der Waals surface area contributed by atoms with E-state index < -0.39 is 0 Å². The van der Waals surface area contributed by atoms with E-state index in [9.17, 15) is 0 Å². The quantitative estimate of drug-likeness (QED) is 0.814. The molecule has 0 fully saturated rings. The van der Waals surface area contributed by atoms with Gasteiger partial charge in [0.15, 0.2) is 0 Å². The van der Waals surface area contributed by atoms with Crippen molar-refractivity contribution in [3.8, 4) is 0 Å². The van der Waals surface area contributed by atoms with Crippen molar-refractivity contribution in [3.05, 3.63) is 28.5 Å². The lowest BCUT2D eigenvalue weighted by Crippen LogP contribution is -2.21. The second kappa shape index (κ2) is 7.20. The second-order valence-corrected chi connectivity index (χ2v) is 4.98. The topological polar surface area (TPSA) is 24.9 Å². The highest BCUT2D eigenvalue weighted by Crippen LogP contribution is 2.07. The number of hydrogen-bond acceptors (Lipinski definition) is 2. The van der Waals surface area contributed by atoms with Crippen LogP contribution in [0.5, 0.6) is 0 Å². The highest BCUT2D eigenvalue weighted by atomic mass is 79.9. The minimum atomic E-state index is 0.623. The lowest BCUT2D eigenvalue weighted by atomic mass is 10.1. The van der Waals surface area contributed by atoms with E-state index in [0.29, 0.717) is 5.92 Å². The van der Waals surface area contributed by atoms with Crippen molar-refractivity contribution in [1.29, 1.82) is 0 Å². The highest BCUT2D eigenvalue weighted by molar-refractivity contribution is 9.10. The number of pyridine rings is 1. The summed E-state index contributed by atoms with van der Waals surface area (Å²) in [7, 11) is 0. The highest BCUT2D eigenvalue weighted by Gasteiger charge is 2.00. The van der Waals surface area contributed by atoms with Gasteiger partial charge in [-0.25, -0.2) is 0 Å². The van der Waals surface area contributed by atoms with Crippen LogP contribution in [0.1, 0.15) is 19.0 Å². The molecule has 1 aromatic rings. The van der Waals surface area contributed by atoms with Crippen molar-refractivity contribution in [1.82, 2.24) is 10.3 Å². The van der Waals surface area contributed by atoms with E-state index in [1.54, 1.807) is 0 Å². The average Bonchev–Trinajstić information content (AvgIpc) is 2.21. The molecule has 0 bridgehead atoms. The molecule has 15 heavy (non-hydrogen) atoms. The van der Waals surface area contributed by atoms with Crippen LogP contribution in [-0.4, -0.2) is 17.4 Å². The van der Waals surface area contributed by atoms with Gasteiger partial charge in [-0.05, 0) is 46.9 Å². The first kappa shape index (κ1) is 12.9. The third-order valence-corrected chi connectivity index (χ3v) is 2.88. The normalized spacial score (nSPS) is 12.7. The molecule has 0 aliphatic rings. The maximum absolute atomic E-state index is 5.66. The van der Waals surface area contributed by atoms with Gasteiger partial charge >= 0.3 is 0 Å². The van der Waals surface area contributed by atoms with E-state index in [0.717, 1.165) is 35.6 Å².